The fourth-order valence-corrected chi connectivity index (χ4v) is 2.52. The van der Waals surface area contributed by atoms with Gasteiger partial charge in [0.15, 0.2) is 0 Å². The van der Waals surface area contributed by atoms with Crippen molar-refractivity contribution in [3.63, 3.8) is 0 Å². The zero-order valence-electron chi connectivity index (χ0n) is 10.3. The Morgan fingerprint density at radius 2 is 2.07 bits per heavy atom. The highest BCUT2D eigenvalue weighted by atomic mass is 32.1. The van der Waals surface area contributed by atoms with Crippen LogP contribution in [0.15, 0.2) is 0 Å². The molecular weight excluding hydrogens is 204 g/mol. The molecule has 0 aliphatic heterocycles. The van der Waals surface area contributed by atoms with Gasteiger partial charge in [-0.05, 0) is 12.8 Å². The van der Waals surface area contributed by atoms with E-state index < -0.39 is 0 Å². The van der Waals surface area contributed by atoms with Gasteiger partial charge in [-0.1, -0.05) is 34.1 Å². The van der Waals surface area contributed by atoms with Gasteiger partial charge in [0.2, 0.25) is 0 Å². The maximum Gasteiger partial charge on any atom is 0.107 e. The standard InChI is InChI=1S/C12H22N2S/c1-5-7-10-11(6-2)15-12(14-10)8-13-9(3)4/h9,13H,5-8H2,1-4H3. The molecule has 0 spiro atoms. The number of nitrogens with zero attached hydrogens (tertiary/aromatic N) is 1. The highest BCUT2D eigenvalue weighted by Gasteiger charge is 2.08. The Hall–Kier alpha value is -0.410. The van der Waals surface area contributed by atoms with Crippen LogP contribution in [0.2, 0.25) is 0 Å². The Morgan fingerprint density at radius 3 is 2.60 bits per heavy atom. The van der Waals surface area contributed by atoms with Crippen molar-refractivity contribution in [2.24, 2.45) is 0 Å². The van der Waals surface area contributed by atoms with E-state index in [-0.39, 0.29) is 0 Å². The molecule has 0 aromatic carbocycles. The summed E-state index contributed by atoms with van der Waals surface area (Å²) < 4.78 is 0. The van der Waals surface area contributed by atoms with Crippen LogP contribution < -0.4 is 5.32 Å². The van der Waals surface area contributed by atoms with E-state index in [1.54, 1.807) is 0 Å². The van der Waals surface area contributed by atoms with Gasteiger partial charge in [0.05, 0.1) is 5.69 Å². The fraction of sp³-hybridized carbons (Fsp3) is 0.750. The topological polar surface area (TPSA) is 24.9 Å². The van der Waals surface area contributed by atoms with Gasteiger partial charge in [-0.2, -0.15) is 0 Å². The van der Waals surface area contributed by atoms with Crippen molar-refractivity contribution in [3.8, 4) is 0 Å². The first-order chi connectivity index (χ1) is 7.17. The normalized spacial score (nSPS) is 11.3. The van der Waals surface area contributed by atoms with Gasteiger partial charge >= 0.3 is 0 Å². The summed E-state index contributed by atoms with van der Waals surface area (Å²) in [5.74, 6) is 0. The fourth-order valence-electron chi connectivity index (χ4n) is 1.51. The van der Waals surface area contributed by atoms with Crippen molar-refractivity contribution in [2.75, 3.05) is 0 Å². The SMILES string of the molecule is CCCc1nc(CNC(C)C)sc1CC. The van der Waals surface area contributed by atoms with E-state index in [4.69, 9.17) is 4.98 Å². The largest absolute Gasteiger partial charge is 0.308 e. The second-order valence-electron chi connectivity index (χ2n) is 4.12. The molecule has 0 fully saturated rings. The molecule has 3 heteroatoms. The number of thiazole rings is 1. The van der Waals surface area contributed by atoms with Crippen LogP contribution in [0.1, 0.15) is 49.7 Å². The van der Waals surface area contributed by atoms with Crippen molar-refractivity contribution >= 4 is 11.3 Å². The first kappa shape index (κ1) is 12.7. The molecule has 0 saturated heterocycles. The molecule has 15 heavy (non-hydrogen) atoms. The van der Waals surface area contributed by atoms with E-state index >= 15 is 0 Å². The zero-order chi connectivity index (χ0) is 11.3. The molecule has 1 N–H and O–H groups in total. The second-order valence-corrected chi connectivity index (χ2v) is 5.28. The van der Waals surface area contributed by atoms with E-state index in [2.05, 4.69) is 33.0 Å². The van der Waals surface area contributed by atoms with Crippen LogP contribution in [0.3, 0.4) is 0 Å². The van der Waals surface area contributed by atoms with E-state index in [1.807, 2.05) is 11.3 Å². The van der Waals surface area contributed by atoms with Crippen LogP contribution in [0, 0.1) is 0 Å². The molecule has 0 atom stereocenters. The van der Waals surface area contributed by atoms with Crippen molar-refractivity contribution in [3.05, 3.63) is 15.6 Å². The first-order valence-corrected chi connectivity index (χ1v) is 6.69. The van der Waals surface area contributed by atoms with Gasteiger partial charge in [-0.3, -0.25) is 0 Å². The Kier molecular flexibility index (Phi) is 5.26. The quantitative estimate of drug-likeness (QED) is 0.806. The molecule has 1 rings (SSSR count). The van der Waals surface area contributed by atoms with Crippen LogP contribution in [-0.2, 0) is 19.4 Å². The predicted molar refractivity (Wildman–Crippen MR) is 67.5 cm³/mol. The molecule has 1 heterocycles. The lowest BCUT2D eigenvalue weighted by Gasteiger charge is -2.04. The summed E-state index contributed by atoms with van der Waals surface area (Å²) in [6.07, 6.45) is 3.43. The lowest BCUT2D eigenvalue weighted by Crippen LogP contribution is -2.21. The molecule has 0 bridgehead atoms. The highest BCUT2D eigenvalue weighted by Crippen LogP contribution is 2.20. The molecule has 2 nitrogen and oxygen atoms in total. The minimum Gasteiger partial charge on any atom is -0.308 e. The van der Waals surface area contributed by atoms with Gasteiger partial charge in [0.1, 0.15) is 5.01 Å². The number of hydrogen-bond acceptors (Lipinski definition) is 3. The van der Waals surface area contributed by atoms with Gasteiger partial charge in [-0.15, -0.1) is 11.3 Å². The number of aryl methyl sites for hydroxylation is 2. The monoisotopic (exact) mass is 226 g/mol. The van der Waals surface area contributed by atoms with E-state index in [1.165, 1.54) is 22.0 Å². The van der Waals surface area contributed by atoms with Crippen molar-refractivity contribution in [2.45, 2.75) is 59.5 Å². The Balaban J connectivity index is 2.65. The van der Waals surface area contributed by atoms with Crippen LogP contribution in [0.5, 0.6) is 0 Å². The summed E-state index contributed by atoms with van der Waals surface area (Å²) >= 11 is 1.87. The summed E-state index contributed by atoms with van der Waals surface area (Å²) in [5, 5.41) is 4.66. The molecule has 0 aliphatic carbocycles. The molecule has 0 unspecified atom stereocenters. The third kappa shape index (κ3) is 3.92. The summed E-state index contributed by atoms with van der Waals surface area (Å²) in [7, 11) is 0. The average molecular weight is 226 g/mol. The number of aromatic nitrogens is 1. The second kappa shape index (κ2) is 6.23. The van der Waals surface area contributed by atoms with Crippen LogP contribution >= 0.6 is 11.3 Å². The van der Waals surface area contributed by atoms with Gasteiger partial charge in [-0.25, -0.2) is 4.98 Å². The maximum atomic E-state index is 4.70. The summed E-state index contributed by atoms with van der Waals surface area (Å²) in [4.78, 5) is 6.17. The van der Waals surface area contributed by atoms with Crippen molar-refractivity contribution in [1.82, 2.24) is 10.3 Å². The average Bonchev–Trinajstić information content (AvgIpc) is 2.58. The first-order valence-electron chi connectivity index (χ1n) is 5.88. The van der Waals surface area contributed by atoms with Crippen LogP contribution in [0.25, 0.3) is 0 Å². The molecule has 0 amide bonds. The van der Waals surface area contributed by atoms with Crippen LogP contribution in [0.4, 0.5) is 0 Å². The maximum absolute atomic E-state index is 4.70. The minimum atomic E-state index is 0.536. The zero-order valence-corrected chi connectivity index (χ0v) is 11.1. The van der Waals surface area contributed by atoms with E-state index in [0.717, 1.165) is 19.4 Å². The Labute approximate surface area is 97.1 Å². The molecule has 1 aromatic heterocycles. The minimum absolute atomic E-state index is 0.536. The summed E-state index contributed by atoms with van der Waals surface area (Å²) in [5.41, 5.74) is 1.32. The third-order valence-corrected chi connectivity index (χ3v) is 3.53. The molecule has 0 radical (unpaired) electrons. The smallest absolute Gasteiger partial charge is 0.107 e. The highest BCUT2D eigenvalue weighted by molar-refractivity contribution is 7.11. The number of nitrogens with one attached hydrogen (secondary N) is 1. The Morgan fingerprint density at radius 1 is 1.33 bits per heavy atom. The molecular formula is C12H22N2S. The van der Waals surface area contributed by atoms with Crippen molar-refractivity contribution in [1.29, 1.82) is 0 Å². The van der Waals surface area contributed by atoms with Gasteiger partial charge < -0.3 is 5.32 Å². The van der Waals surface area contributed by atoms with Crippen LogP contribution in [-0.4, -0.2) is 11.0 Å². The number of hydrogen-bond donors (Lipinski definition) is 1. The van der Waals surface area contributed by atoms with Gasteiger partial charge in [0, 0.05) is 17.5 Å². The van der Waals surface area contributed by atoms with E-state index in [0.29, 0.717) is 6.04 Å². The van der Waals surface area contributed by atoms with Crippen molar-refractivity contribution < 1.29 is 0 Å². The molecule has 1 aromatic rings. The van der Waals surface area contributed by atoms with E-state index in [9.17, 15) is 0 Å². The number of rotatable bonds is 6. The predicted octanol–water partition coefficient (Wildman–Crippen LogP) is 3.16. The molecule has 86 valence electrons. The Bertz CT molecular complexity index is 292. The summed E-state index contributed by atoms with van der Waals surface area (Å²) in [6.45, 7) is 9.68. The molecule has 0 aliphatic rings. The van der Waals surface area contributed by atoms with Gasteiger partial charge in [0.25, 0.3) is 0 Å². The lowest BCUT2D eigenvalue weighted by molar-refractivity contribution is 0.586. The lowest BCUT2D eigenvalue weighted by atomic mass is 10.2. The molecule has 0 saturated carbocycles. The third-order valence-electron chi connectivity index (χ3n) is 2.29. The summed E-state index contributed by atoms with van der Waals surface area (Å²) in [6, 6.07) is 0.536.